The van der Waals surface area contributed by atoms with Gasteiger partial charge >= 0.3 is 0 Å². The molecular formula is C18H24N2O. The first-order chi connectivity index (χ1) is 10.1. The Kier molecular flexibility index (Phi) is 2.90. The predicted molar refractivity (Wildman–Crippen MR) is 82.8 cm³/mol. The molecule has 1 aromatic rings. The van der Waals surface area contributed by atoms with E-state index in [1.54, 1.807) is 0 Å². The van der Waals surface area contributed by atoms with Crippen LogP contribution >= 0.6 is 0 Å². The second-order valence-corrected chi connectivity index (χ2v) is 7.22. The molecule has 1 unspecified atom stereocenters. The van der Waals surface area contributed by atoms with E-state index >= 15 is 0 Å². The van der Waals surface area contributed by atoms with Gasteiger partial charge in [0.15, 0.2) is 0 Å². The van der Waals surface area contributed by atoms with Crippen molar-refractivity contribution < 1.29 is 4.79 Å². The average Bonchev–Trinajstić information content (AvgIpc) is 3.34. The van der Waals surface area contributed by atoms with Gasteiger partial charge in [-0.05, 0) is 50.2 Å². The van der Waals surface area contributed by atoms with Crippen LogP contribution in [0.4, 0.5) is 0 Å². The van der Waals surface area contributed by atoms with Crippen molar-refractivity contribution in [1.29, 1.82) is 0 Å². The maximum absolute atomic E-state index is 12.8. The third-order valence-corrected chi connectivity index (χ3v) is 5.35. The molecule has 4 rings (SSSR count). The summed E-state index contributed by atoms with van der Waals surface area (Å²) in [6.07, 6.45) is 5.98. The summed E-state index contributed by atoms with van der Waals surface area (Å²) >= 11 is 0. The number of benzene rings is 1. The van der Waals surface area contributed by atoms with Crippen molar-refractivity contribution in [2.45, 2.75) is 57.7 Å². The van der Waals surface area contributed by atoms with Crippen LogP contribution in [0.2, 0.25) is 0 Å². The van der Waals surface area contributed by atoms with Gasteiger partial charge in [0.25, 0.3) is 0 Å². The van der Waals surface area contributed by atoms with E-state index in [9.17, 15) is 4.79 Å². The fourth-order valence-electron chi connectivity index (χ4n) is 3.54. The molecule has 1 atom stereocenters. The van der Waals surface area contributed by atoms with Gasteiger partial charge in [-0.2, -0.15) is 0 Å². The normalized spacial score (nSPS) is 26.7. The minimum absolute atomic E-state index is 0.0821. The number of aryl methyl sites for hydroxylation is 2. The molecule has 3 aliphatic rings. The lowest BCUT2D eigenvalue weighted by atomic mass is 10.0. The van der Waals surface area contributed by atoms with Gasteiger partial charge in [0.1, 0.15) is 11.7 Å². The van der Waals surface area contributed by atoms with Gasteiger partial charge in [0.05, 0.1) is 0 Å². The van der Waals surface area contributed by atoms with Gasteiger partial charge in [0, 0.05) is 6.54 Å². The number of nitrogens with one attached hydrogen (secondary N) is 1. The molecular weight excluding hydrogens is 260 g/mol. The van der Waals surface area contributed by atoms with E-state index in [0.29, 0.717) is 5.91 Å². The number of nitrogens with zero attached hydrogens (tertiary/aromatic N) is 1. The van der Waals surface area contributed by atoms with E-state index in [0.717, 1.165) is 25.3 Å². The molecule has 2 aliphatic carbocycles. The smallest absolute Gasteiger partial charge is 0.244 e. The van der Waals surface area contributed by atoms with Crippen LogP contribution in [0, 0.1) is 19.8 Å². The maximum atomic E-state index is 12.8. The molecule has 3 nitrogen and oxygen atoms in total. The zero-order valence-electron chi connectivity index (χ0n) is 13.0. The molecule has 21 heavy (non-hydrogen) atoms. The zero-order valence-corrected chi connectivity index (χ0v) is 13.0. The first-order valence-electron chi connectivity index (χ1n) is 8.25. The van der Waals surface area contributed by atoms with E-state index in [4.69, 9.17) is 0 Å². The Bertz CT molecular complexity index is 587. The molecule has 1 aromatic carbocycles. The summed E-state index contributed by atoms with van der Waals surface area (Å²) in [7, 11) is 0. The quantitative estimate of drug-likeness (QED) is 0.921. The standard InChI is InChI=1S/C18H24N2O/c1-12-3-4-13(2)15(11-12)16-19-18(8-9-18)17(21)20(16)10-7-14-5-6-14/h3-4,11,14,16,19H,5-10H2,1-2H3. The van der Waals surface area contributed by atoms with Crippen LogP contribution in [-0.4, -0.2) is 22.9 Å². The Balaban J connectivity index is 1.63. The zero-order chi connectivity index (χ0) is 14.6. The van der Waals surface area contributed by atoms with Crippen LogP contribution in [0.3, 0.4) is 0 Å². The number of amides is 1. The molecule has 1 spiro atoms. The Labute approximate surface area is 126 Å². The lowest BCUT2D eigenvalue weighted by molar-refractivity contribution is -0.131. The molecule has 3 fully saturated rings. The fourth-order valence-corrected chi connectivity index (χ4v) is 3.54. The molecule has 2 saturated carbocycles. The van der Waals surface area contributed by atoms with Crippen LogP contribution in [-0.2, 0) is 4.79 Å². The van der Waals surface area contributed by atoms with Crippen LogP contribution in [0.1, 0.15) is 55.0 Å². The monoisotopic (exact) mass is 284 g/mol. The summed E-state index contributed by atoms with van der Waals surface area (Å²) in [6, 6.07) is 6.57. The lowest BCUT2D eigenvalue weighted by Crippen LogP contribution is -2.33. The molecule has 0 aromatic heterocycles. The Morgan fingerprint density at radius 2 is 2.05 bits per heavy atom. The maximum Gasteiger partial charge on any atom is 0.244 e. The largest absolute Gasteiger partial charge is 0.321 e. The van der Waals surface area contributed by atoms with E-state index in [-0.39, 0.29) is 11.7 Å². The van der Waals surface area contributed by atoms with Crippen LogP contribution in [0.15, 0.2) is 18.2 Å². The second-order valence-electron chi connectivity index (χ2n) is 7.22. The topological polar surface area (TPSA) is 32.3 Å². The van der Waals surface area contributed by atoms with Crippen molar-refractivity contribution in [3.63, 3.8) is 0 Å². The van der Waals surface area contributed by atoms with Crippen LogP contribution < -0.4 is 5.32 Å². The Morgan fingerprint density at radius 3 is 2.71 bits per heavy atom. The highest BCUT2D eigenvalue weighted by molar-refractivity contribution is 5.92. The highest BCUT2D eigenvalue weighted by Gasteiger charge is 2.59. The van der Waals surface area contributed by atoms with Crippen molar-refractivity contribution in [2.24, 2.45) is 5.92 Å². The van der Waals surface area contributed by atoms with E-state index in [1.165, 1.54) is 36.0 Å². The van der Waals surface area contributed by atoms with Crippen molar-refractivity contribution in [3.05, 3.63) is 34.9 Å². The molecule has 1 N–H and O–H groups in total. The van der Waals surface area contributed by atoms with E-state index in [2.05, 4.69) is 42.3 Å². The van der Waals surface area contributed by atoms with E-state index < -0.39 is 0 Å². The summed E-state index contributed by atoms with van der Waals surface area (Å²) < 4.78 is 0. The number of carbonyl (C=O) groups excluding carboxylic acids is 1. The number of carbonyl (C=O) groups is 1. The molecule has 1 aliphatic heterocycles. The van der Waals surface area contributed by atoms with Crippen LogP contribution in [0.5, 0.6) is 0 Å². The van der Waals surface area contributed by atoms with Gasteiger partial charge in [-0.3, -0.25) is 10.1 Å². The molecule has 3 heteroatoms. The minimum Gasteiger partial charge on any atom is -0.321 e. The minimum atomic E-state index is -0.218. The predicted octanol–water partition coefficient (Wildman–Crippen LogP) is 3.07. The molecule has 1 amide bonds. The highest BCUT2D eigenvalue weighted by Crippen LogP contribution is 2.47. The Morgan fingerprint density at radius 1 is 1.29 bits per heavy atom. The Hall–Kier alpha value is -1.35. The SMILES string of the molecule is Cc1ccc(C)c(C2NC3(CC3)C(=O)N2CCC2CC2)c1. The second kappa shape index (κ2) is 4.57. The van der Waals surface area contributed by atoms with Crippen molar-refractivity contribution in [3.8, 4) is 0 Å². The van der Waals surface area contributed by atoms with E-state index in [1.807, 2.05) is 0 Å². The summed E-state index contributed by atoms with van der Waals surface area (Å²) in [5.74, 6) is 1.21. The first-order valence-corrected chi connectivity index (χ1v) is 8.25. The lowest BCUT2D eigenvalue weighted by Gasteiger charge is -2.26. The number of hydrogen-bond acceptors (Lipinski definition) is 2. The summed E-state index contributed by atoms with van der Waals surface area (Å²) in [4.78, 5) is 14.9. The van der Waals surface area contributed by atoms with Gasteiger partial charge in [0.2, 0.25) is 5.91 Å². The highest BCUT2D eigenvalue weighted by atomic mass is 16.2. The van der Waals surface area contributed by atoms with Crippen molar-refractivity contribution >= 4 is 5.91 Å². The summed E-state index contributed by atoms with van der Waals surface area (Å²) in [5.41, 5.74) is 3.61. The van der Waals surface area contributed by atoms with Crippen LogP contribution in [0.25, 0.3) is 0 Å². The third-order valence-electron chi connectivity index (χ3n) is 5.35. The van der Waals surface area contributed by atoms with Crippen molar-refractivity contribution in [1.82, 2.24) is 10.2 Å². The van der Waals surface area contributed by atoms with Gasteiger partial charge < -0.3 is 4.90 Å². The third kappa shape index (κ3) is 2.28. The van der Waals surface area contributed by atoms with Gasteiger partial charge in [-0.15, -0.1) is 0 Å². The fraction of sp³-hybridized carbons (Fsp3) is 0.611. The first kappa shape index (κ1) is 13.3. The average molecular weight is 284 g/mol. The van der Waals surface area contributed by atoms with Crippen molar-refractivity contribution in [2.75, 3.05) is 6.54 Å². The number of hydrogen-bond donors (Lipinski definition) is 1. The summed E-state index contributed by atoms with van der Waals surface area (Å²) in [5, 5.41) is 3.65. The van der Waals surface area contributed by atoms with Gasteiger partial charge in [-0.1, -0.05) is 36.6 Å². The molecule has 112 valence electrons. The number of rotatable bonds is 4. The molecule has 1 saturated heterocycles. The van der Waals surface area contributed by atoms with Gasteiger partial charge in [-0.25, -0.2) is 0 Å². The molecule has 0 radical (unpaired) electrons. The summed E-state index contributed by atoms with van der Waals surface area (Å²) in [6.45, 7) is 5.19. The molecule has 0 bridgehead atoms. The molecule has 1 heterocycles.